The summed E-state index contributed by atoms with van der Waals surface area (Å²) in [7, 11) is 0. The van der Waals surface area contributed by atoms with Crippen LogP contribution in [0, 0.1) is 6.92 Å². The van der Waals surface area contributed by atoms with Crippen LogP contribution in [0.3, 0.4) is 0 Å². The van der Waals surface area contributed by atoms with Crippen molar-refractivity contribution in [2.45, 2.75) is 6.92 Å². The first-order valence-electron chi connectivity index (χ1n) is 8.70. The Morgan fingerprint density at radius 1 is 0.964 bits per heavy atom. The molecule has 0 saturated heterocycles. The largest absolute Gasteiger partial charge is 0.507 e. The standard InChI is InChI=1S/C22H17N3O3/c1-14-18(15-6-3-2-4-7-15)8-5-9-19(14)21-24-25-22(28-21)23-17-10-11-20(27)16(12-17)13-26/h2-13,27H,1H3,(H,23,25). The Morgan fingerprint density at radius 3 is 2.54 bits per heavy atom. The van der Waals surface area contributed by atoms with E-state index in [1.54, 1.807) is 6.07 Å². The van der Waals surface area contributed by atoms with E-state index in [4.69, 9.17) is 4.42 Å². The van der Waals surface area contributed by atoms with Gasteiger partial charge in [0.05, 0.1) is 5.56 Å². The van der Waals surface area contributed by atoms with E-state index in [0.717, 1.165) is 22.3 Å². The van der Waals surface area contributed by atoms with Gasteiger partial charge in [-0.15, -0.1) is 5.10 Å². The van der Waals surface area contributed by atoms with E-state index in [0.29, 0.717) is 17.9 Å². The average Bonchev–Trinajstić information content (AvgIpc) is 3.18. The normalized spacial score (nSPS) is 10.6. The van der Waals surface area contributed by atoms with Crippen molar-refractivity contribution < 1.29 is 14.3 Å². The minimum atomic E-state index is -0.0832. The molecule has 0 bridgehead atoms. The molecule has 0 spiro atoms. The van der Waals surface area contributed by atoms with Gasteiger partial charge in [0.1, 0.15) is 5.75 Å². The predicted molar refractivity (Wildman–Crippen MR) is 107 cm³/mol. The number of anilines is 2. The Kier molecular flexibility index (Phi) is 4.60. The van der Waals surface area contributed by atoms with Crippen molar-refractivity contribution in [1.29, 1.82) is 0 Å². The molecule has 0 unspecified atom stereocenters. The van der Waals surface area contributed by atoms with Gasteiger partial charge in [-0.2, -0.15) is 0 Å². The number of nitrogens with one attached hydrogen (secondary N) is 1. The van der Waals surface area contributed by atoms with E-state index in [1.165, 1.54) is 12.1 Å². The van der Waals surface area contributed by atoms with Crippen LogP contribution in [0.2, 0.25) is 0 Å². The number of rotatable bonds is 5. The summed E-state index contributed by atoms with van der Waals surface area (Å²) < 4.78 is 5.76. The van der Waals surface area contributed by atoms with Crippen LogP contribution in [0.1, 0.15) is 15.9 Å². The van der Waals surface area contributed by atoms with Crippen molar-refractivity contribution in [3.05, 3.63) is 77.9 Å². The van der Waals surface area contributed by atoms with Gasteiger partial charge in [0.25, 0.3) is 0 Å². The molecule has 6 heteroatoms. The summed E-state index contributed by atoms with van der Waals surface area (Å²) in [5.41, 5.74) is 4.84. The summed E-state index contributed by atoms with van der Waals surface area (Å²) in [6, 6.07) is 20.8. The molecule has 0 aliphatic heterocycles. The molecule has 2 N–H and O–H groups in total. The molecular formula is C22H17N3O3. The number of nitrogens with zero attached hydrogens (tertiary/aromatic N) is 2. The molecule has 0 atom stereocenters. The highest BCUT2D eigenvalue weighted by Crippen LogP contribution is 2.32. The molecule has 3 aromatic carbocycles. The lowest BCUT2D eigenvalue weighted by atomic mass is 9.96. The van der Waals surface area contributed by atoms with Gasteiger partial charge < -0.3 is 14.8 Å². The van der Waals surface area contributed by atoms with Gasteiger partial charge in [0.2, 0.25) is 5.89 Å². The summed E-state index contributed by atoms with van der Waals surface area (Å²) in [6.07, 6.45) is 0.582. The monoisotopic (exact) mass is 371 g/mol. The Balaban J connectivity index is 1.64. The quantitative estimate of drug-likeness (QED) is 0.380. The van der Waals surface area contributed by atoms with Gasteiger partial charge >= 0.3 is 6.01 Å². The molecule has 0 aliphatic rings. The van der Waals surface area contributed by atoms with Crippen molar-refractivity contribution in [3.63, 3.8) is 0 Å². The fourth-order valence-corrected chi connectivity index (χ4v) is 3.03. The average molecular weight is 371 g/mol. The van der Waals surface area contributed by atoms with Crippen LogP contribution in [0.5, 0.6) is 5.75 Å². The minimum absolute atomic E-state index is 0.0832. The Labute approximate surface area is 161 Å². The number of carbonyl (C=O) groups excluding carboxylic acids is 1. The first-order valence-corrected chi connectivity index (χ1v) is 8.70. The summed E-state index contributed by atoms with van der Waals surface area (Å²) in [6.45, 7) is 2.02. The van der Waals surface area contributed by atoms with Crippen LogP contribution >= 0.6 is 0 Å². The summed E-state index contributed by atoms with van der Waals surface area (Å²) in [5.74, 6) is 0.312. The lowest BCUT2D eigenvalue weighted by Gasteiger charge is -2.09. The van der Waals surface area contributed by atoms with Crippen molar-refractivity contribution in [2.24, 2.45) is 0 Å². The molecule has 0 radical (unpaired) electrons. The Hall–Kier alpha value is -3.93. The predicted octanol–water partition coefficient (Wildman–Crippen LogP) is 4.97. The third-order valence-corrected chi connectivity index (χ3v) is 4.48. The number of hydrogen-bond acceptors (Lipinski definition) is 6. The highest BCUT2D eigenvalue weighted by molar-refractivity contribution is 5.81. The number of aldehydes is 1. The lowest BCUT2D eigenvalue weighted by Crippen LogP contribution is -1.92. The maximum Gasteiger partial charge on any atom is 0.320 e. The zero-order valence-electron chi connectivity index (χ0n) is 15.1. The van der Waals surface area contributed by atoms with E-state index >= 15 is 0 Å². The maximum atomic E-state index is 11.0. The molecule has 1 aromatic heterocycles. The summed E-state index contributed by atoms with van der Waals surface area (Å²) in [5, 5.41) is 20.7. The molecule has 0 saturated carbocycles. The molecule has 6 nitrogen and oxygen atoms in total. The van der Waals surface area contributed by atoms with Gasteiger partial charge in [-0.3, -0.25) is 4.79 Å². The number of carbonyl (C=O) groups is 1. The SMILES string of the molecule is Cc1c(-c2ccccc2)cccc1-c1nnc(Nc2ccc(O)c(C=O)c2)o1. The van der Waals surface area contributed by atoms with Gasteiger partial charge in [0, 0.05) is 11.3 Å². The molecule has 4 aromatic rings. The second-order valence-corrected chi connectivity index (χ2v) is 6.27. The molecule has 28 heavy (non-hydrogen) atoms. The topological polar surface area (TPSA) is 88.3 Å². The first kappa shape index (κ1) is 17.5. The Bertz CT molecular complexity index is 1140. The highest BCUT2D eigenvalue weighted by Gasteiger charge is 2.14. The van der Waals surface area contributed by atoms with Crippen molar-refractivity contribution in [2.75, 3.05) is 5.32 Å². The van der Waals surface area contributed by atoms with E-state index in [2.05, 4.69) is 33.7 Å². The number of phenolic OH excluding ortho intramolecular Hbond substituents is 1. The maximum absolute atomic E-state index is 11.0. The lowest BCUT2D eigenvalue weighted by molar-refractivity contribution is 0.112. The third kappa shape index (κ3) is 3.35. The second-order valence-electron chi connectivity index (χ2n) is 6.27. The number of hydrogen-bond donors (Lipinski definition) is 2. The second kappa shape index (κ2) is 7.36. The molecule has 0 aliphatic carbocycles. The molecule has 138 valence electrons. The van der Waals surface area contributed by atoms with Crippen LogP contribution in [-0.4, -0.2) is 21.6 Å². The van der Waals surface area contributed by atoms with Crippen molar-refractivity contribution in [1.82, 2.24) is 10.2 Å². The molecule has 0 fully saturated rings. The molecular weight excluding hydrogens is 354 g/mol. The summed E-state index contributed by atoms with van der Waals surface area (Å²) in [4.78, 5) is 11.0. The zero-order valence-corrected chi connectivity index (χ0v) is 15.1. The third-order valence-electron chi connectivity index (χ3n) is 4.48. The fourth-order valence-electron chi connectivity index (χ4n) is 3.03. The van der Waals surface area contributed by atoms with Crippen LogP contribution in [0.4, 0.5) is 11.7 Å². The van der Waals surface area contributed by atoms with E-state index in [1.807, 2.05) is 37.3 Å². The Morgan fingerprint density at radius 2 is 1.75 bits per heavy atom. The minimum Gasteiger partial charge on any atom is -0.507 e. The fraction of sp³-hybridized carbons (Fsp3) is 0.0455. The van der Waals surface area contributed by atoms with E-state index in [9.17, 15) is 9.90 Å². The first-order chi connectivity index (χ1) is 13.7. The van der Waals surface area contributed by atoms with Crippen LogP contribution in [0.25, 0.3) is 22.6 Å². The van der Waals surface area contributed by atoms with Gasteiger partial charge in [0.15, 0.2) is 6.29 Å². The van der Waals surface area contributed by atoms with E-state index < -0.39 is 0 Å². The van der Waals surface area contributed by atoms with Gasteiger partial charge in [-0.05, 0) is 47.9 Å². The van der Waals surface area contributed by atoms with Crippen LogP contribution in [0.15, 0.2) is 71.1 Å². The van der Waals surface area contributed by atoms with Gasteiger partial charge in [-0.1, -0.05) is 47.6 Å². The van der Waals surface area contributed by atoms with Crippen LogP contribution < -0.4 is 5.32 Å². The number of phenols is 1. The zero-order chi connectivity index (χ0) is 19.5. The van der Waals surface area contributed by atoms with E-state index in [-0.39, 0.29) is 17.3 Å². The van der Waals surface area contributed by atoms with Crippen molar-refractivity contribution >= 4 is 18.0 Å². The highest BCUT2D eigenvalue weighted by atomic mass is 16.4. The van der Waals surface area contributed by atoms with Crippen LogP contribution in [-0.2, 0) is 0 Å². The number of aromatic hydroxyl groups is 1. The number of benzene rings is 3. The molecule has 4 rings (SSSR count). The summed E-state index contributed by atoms with van der Waals surface area (Å²) >= 11 is 0. The molecule has 1 heterocycles. The number of aromatic nitrogens is 2. The van der Waals surface area contributed by atoms with Gasteiger partial charge in [-0.25, -0.2) is 0 Å². The smallest absolute Gasteiger partial charge is 0.320 e. The molecule has 0 amide bonds. The van der Waals surface area contributed by atoms with Crippen molar-refractivity contribution in [3.8, 4) is 28.3 Å².